The molecule has 3 heteroatoms. The fraction of sp³-hybridized carbons (Fsp3) is 0.333. The molecule has 0 saturated heterocycles. The van der Waals surface area contributed by atoms with Crippen molar-refractivity contribution in [1.82, 2.24) is 0 Å². The highest BCUT2D eigenvalue weighted by molar-refractivity contribution is 5.64. The fourth-order valence-corrected chi connectivity index (χ4v) is 1.29. The van der Waals surface area contributed by atoms with Gasteiger partial charge in [0, 0.05) is 6.04 Å². The number of hydrogen-bond donors (Lipinski definition) is 1. The highest BCUT2D eigenvalue weighted by atomic mass is 16.5. The lowest BCUT2D eigenvalue weighted by Crippen LogP contribution is -2.10. The van der Waals surface area contributed by atoms with Gasteiger partial charge in [0.25, 0.3) is 0 Å². The van der Waals surface area contributed by atoms with E-state index < -0.39 is 0 Å². The summed E-state index contributed by atoms with van der Waals surface area (Å²) in [6, 6.07) is 5.69. The van der Waals surface area contributed by atoms with Crippen molar-refractivity contribution in [3.05, 3.63) is 29.8 Å². The van der Waals surface area contributed by atoms with Crippen LogP contribution in [0.15, 0.2) is 24.3 Å². The van der Waals surface area contributed by atoms with Crippen LogP contribution in [0.5, 0.6) is 11.5 Å². The smallest absolute Gasteiger partial charge is 0.129 e. The largest absolute Gasteiger partial charge is 0.496 e. The minimum absolute atomic E-state index is 0.0135. The summed E-state index contributed by atoms with van der Waals surface area (Å²) in [5, 5.41) is 0. The maximum atomic E-state index is 5.65. The van der Waals surface area contributed by atoms with Crippen LogP contribution in [0, 0.1) is 0 Å². The van der Waals surface area contributed by atoms with Gasteiger partial charge in [-0.2, -0.15) is 0 Å². The number of benzene rings is 1. The average Bonchev–Trinajstić information content (AvgIpc) is 2.25. The molecule has 3 nitrogen and oxygen atoms in total. The Bertz CT molecular complexity index is 323. The standard InChI is InChI=1S/C12H17NO2/c1-9(13)7-8-10-11(14-2)5-4-6-12(10)15-3/h4-9H,13H2,1-3H3/b8-7+. The highest BCUT2D eigenvalue weighted by Gasteiger charge is 2.05. The third-order valence-electron chi connectivity index (χ3n) is 2.03. The summed E-state index contributed by atoms with van der Waals surface area (Å²) in [6.07, 6.45) is 3.82. The second kappa shape index (κ2) is 5.41. The summed E-state index contributed by atoms with van der Waals surface area (Å²) in [5.41, 5.74) is 6.57. The van der Waals surface area contributed by atoms with Gasteiger partial charge in [0.05, 0.1) is 19.8 Å². The summed E-state index contributed by atoms with van der Waals surface area (Å²) in [5.74, 6) is 1.57. The Morgan fingerprint density at radius 1 is 1.20 bits per heavy atom. The predicted molar refractivity (Wildman–Crippen MR) is 62.2 cm³/mol. The Kier molecular flexibility index (Phi) is 4.18. The molecule has 1 aromatic carbocycles. The molecule has 0 aliphatic rings. The number of methoxy groups -OCH3 is 2. The van der Waals surface area contributed by atoms with Gasteiger partial charge < -0.3 is 15.2 Å². The molecule has 2 N–H and O–H groups in total. The van der Waals surface area contributed by atoms with E-state index in [1.807, 2.05) is 37.3 Å². The summed E-state index contributed by atoms with van der Waals surface area (Å²) in [7, 11) is 3.27. The first-order valence-electron chi connectivity index (χ1n) is 4.83. The second-order valence-electron chi connectivity index (χ2n) is 3.29. The van der Waals surface area contributed by atoms with Crippen molar-refractivity contribution in [3.8, 4) is 11.5 Å². The van der Waals surface area contributed by atoms with Crippen molar-refractivity contribution in [2.45, 2.75) is 13.0 Å². The SMILES string of the molecule is COc1cccc(OC)c1/C=C/C(C)N. The summed E-state index contributed by atoms with van der Waals surface area (Å²) < 4.78 is 10.5. The zero-order chi connectivity index (χ0) is 11.3. The molecule has 1 rings (SSSR count). The maximum Gasteiger partial charge on any atom is 0.129 e. The third kappa shape index (κ3) is 2.99. The molecule has 0 aromatic heterocycles. The van der Waals surface area contributed by atoms with Gasteiger partial charge in [-0.15, -0.1) is 0 Å². The van der Waals surface area contributed by atoms with E-state index in [0.717, 1.165) is 17.1 Å². The van der Waals surface area contributed by atoms with Crippen LogP contribution in [-0.2, 0) is 0 Å². The first-order chi connectivity index (χ1) is 7.19. The molecule has 1 unspecified atom stereocenters. The molecule has 82 valence electrons. The quantitative estimate of drug-likeness (QED) is 0.822. The van der Waals surface area contributed by atoms with Crippen LogP contribution in [0.1, 0.15) is 12.5 Å². The highest BCUT2D eigenvalue weighted by Crippen LogP contribution is 2.29. The molecule has 0 aliphatic heterocycles. The molecule has 0 saturated carbocycles. The van der Waals surface area contributed by atoms with Gasteiger partial charge in [0.2, 0.25) is 0 Å². The van der Waals surface area contributed by atoms with E-state index in [1.165, 1.54) is 0 Å². The number of hydrogen-bond acceptors (Lipinski definition) is 3. The molecule has 0 amide bonds. The van der Waals surface area contributed by atoms with Gasteiger partial charge >= 0.3 is 0 Å². The minimum atomic E-state index is 0.0135. The van der Waals surface area contributed by atoms with Gasteiger partial charge in [-0.1, -0.05) is 12.1 Å². The first kappa shape index (κ1) is 11.6. The van der Waals surface area contributed by atoms with Crippen molar-refractivity contribution in [2.75, 3.05) is 14.2 Å². The molecular weight excluding hydrogens is 190 g/mol. The van der Waals surface area contributed by atoms with Crippen LogP contribution in [0.25, 0.3) is 6.08 Å². The van der Waals surface area contributed by atoms with Gasteiger partial charge in [-0.3, -0.25) is 0 Å². The van der Waals surface area contributed by atoms with Crippen molar-refractivity contribution < 1.29 is 9.47 Å². The van der Waals surface area contributed by atoms with Gasteiger partial charge in [0.15, 0.2) is 0 Å². The van der Waals surface area contributed by atoms with Gasteiger partial charge in [-0.25, -0.2) is 0 Å². The van der Waals surface area contributed by atoms with Crippen molar-refractivity contribution in [2.24, 2.45) is 5.73 Å². The molecule has 15 heavy (non-hydrogen) atoms. The lowest BCUT2D eigenvalue weighted by atomic mass is 10.1. The van der Waals surface area contributed by atoms with E-state index in [2.05, 4.69) is 0 Å². The van der Waals surface area contributed by atoms with Crippen molar-refractivity contribution in [3.63, 3.8) is 0 Å². The molecule has 0 heterocycles. The van der Waals surface area contributed by atoms with E-state index in [9.17, 15) is 0 Å². The van der Waals surface area contributed by atoms with Gasteiger partial charge in [0.1, 0.15) is 11.5 Å². The van der Waals surface area contributed by atoms with Gasteiger partial charge in [-0.05, 0) is 25.1 Å². The van der Waals surface area contributed by atoms with E-state index in [0.29, 0.717) is 0 Å². The van der Waals surface area contributed by atoms with E-state index in [1.54, 1.807) is 14.2 Å². The maximum absolute atomic E-state index is 5.65. The molecule has 0 bridgehead atoms. The Morgan fingerprint density at radius 3 is 2.13 bits per heavy atom. The molecule has 0 fully saturated rings. The van der Waals surface area contributed by atoms with E-state index in [4.69, 9.17) is 15.2 Å². The van der Waals surface area contributed by atoms with E-state index in [-0.39, 0.29) is 6.04 Å². The Labute approximate surface area is 90.5 Å². The van der Waals surface area contributed by atoms with Crippen LogP contribution in [0.4, 0.5) is 0 Å². The Balaban J connectivity index is 3.10. The average molecular weight is 207 g/mol. The zero-order valence-electron chi connectivity index (χ0n) is 9.36. The Morgan fingerprint density at radius 2 is 1.73 bits per heavy atom. The van der Waals surface area contributed by atoms with E-state index >= 15 is 0 Å². The number of nitrogens with two attached hydrogens (primary N) is 1. The minimum Gasteiger partial charge on any atom is -0.496 e. The zero-order valence-corrected chi connectivity index (χ0v) is 9.36. The molecule has 0 aliphatic carbocycles. The summed E-state index contributed by atoms with van der Waals surface area (Å²) >= 11 is 0. The van der Waals surface area contributed by atoms with Crippen LogP contribution in [0.3, 0.4) is 0 Å². The molecule has 1 aromatic rings. The predicted octanol–water partition coefficient (Wildman–Crippen LogP) is 2.06. The third-order valence-corrected chi connectivity index (χ3v) is 2.03. The lowest BCUT2D eigenvalue weighted by molar-refractivity contribution is 0.392. The molecule has 1 atom stereocenters. The Hall–Kier alpha value is -1.48. The van der Waals surface area contributed by atoms with Crippen LogP contribution >= 0.6 is 0 Å². The molecule has 0 radical (unpaired) electrons. The number of ether oxygens (including phenoxy) is 2. The normalized spacial score (nSPS) is 12.8. The van der Waals surface area contributed by atoms with Crippen molar-refractivity contribution >= 4 is 6.08 Å². The van der Waals surface area contributed by atoms with Crippen molar-refractivity contribution in [1.29, 1.82) is 0 Å². The summed E-state index contributed by atoms with van der Waals surface area (Å²) in [6.45, 7) is 1.92. The van der Waals surface area contributed by atoms with Crippen LogP contribution < -0.4 is 15.2 Å². The second-order valence-corrected chi connectivity index (χ2v) is 3.29. The monoisotopic (exact) mass is 207 g/mol. The topological polar surface area (TPSA) is 44.5 Å². The van der Waals surface area contributed by atoms with Crippen LogP contribution in [-0.4, -0.2) is 20.3 Å². The number of rotatable bonds is 4. The molecule has 0 spiro atoms. The lowest BCUT2D eigenvalue weighted by Gasteiger charge is -2.09. The summed E-state index contributed by atoms with van der Waals surface area (Å²) in [4.78, 5) is 0. The first-order valence-corrected chi connectivity index (χ1v) is 4.83. The fourth-order valence-electron chi connectivity index (χ4n) is 1.29. The van der Waals surface area contributed by atoms with Crippen LogP contribution in [0.2, 0.25) is 0 Å². The molecular formula is C12H17NO2.